The van der Waals surface area contributed by atoms with Gasteiger partial charge in [-0.05, 0) is 39.2 Å². The number of ether oxygens (including phenoxy) is 1. The number of carbonyl (C=O) groups is 1. The molecule has 4 heteroatoms. The molecule has 14 heavy (non-hydrogen) atoms. The van der Waals surface area contributed by atoms with E-state index in [1.165, 1.54) is 0 Å². The van der Waals surface area contributed by atoms with Crippen molar-refractivity contribution in [2.75, 3.05) is 13.2 Å². The summed E-state index contributed by atoms with van der Waals surface area (Å²) in [5.74, 6) is 0.0191. The highest BCUT2D eigenvalue weighted by Gasteiger charge is 2.22. The van der Waals surface area contributed by atoms with Crippen LogP contribution in [-0.4, -0.2) is 31.2 Å². The summed E-state index contributed by atoms with van der Waals surface area (Å²) < 4.78 is 5.38. The Balaban J connectivity index is 2.25. The summed E-state index contributed by atoms with van der Waals surface area (Å²) in [4.78, 5) is 11.6. The highest BCUT2D eigenvalue weighted by atomic mass is 16.5. The molecule has 1 amide bonds. The highest BCUT2D eigenvalue weighted by molar-refractivity contribution is 5.81. The first-order valence-electron chi connectivity index (χ1n) is 5.36. The molecule has 0 aromatic carbocycles. The summed E-state index contributed by atoms with van der Waals surface area (Å²) in [6.07, 6.45) is 3.59. The Hall–Kier alpha value is -0.610. The smallest absolute Gasteiger partial charge is 0.249 e. The van der Waals surface area contributed by atoms with E-state index >= 15 is 0 Å². The van der Waals surface area contributed by atoms with E-state index in [0.717, 1.165) is 25.7 Å². The minimum atomic E-state index is -0.232. The van der Waals surface area contributed by atoms with Gasteiger partial charge in [-0.25, -0.2) is 0 Å². The van der Waals surface area contributed by atoms with E-state index in [0.29, 0.717) is 13.2 Å². The number of hydrogen-bond donors (Lipinski definition) is 2. The molecular weight excluding hydrogens is 180 g/mol. The summed E-state index contributed by atoms with van der Waals surface area (Å²) in [6.45, 7) is 3.28. The van der Waals surface area contributed by atoms with E-state index in [-0.39, 0.29) is 18.1 Å². The molecule has 4 nitrogen and oxygen atoms in total. The van der Waals surface area contributed by atoms with Crippen molar-refractivity contribution in [1.29, 1.82) is 0 Å². The van der Waals surface area contributed by atoms with Crippen LogP contribution in [0.4, 0.5) is 0 Å². The van der Waals surface area contributed by atoms with Gasteiger partial charge in [0.15, 0.2) is 0 Å². The predicted octanol–water partition coefficient (Wildman–Crippen LogP) is 0.409. The average Bonchev–Trinajstić information content (AvgIpc) is 2.19. The van der Waals surface area contributed by atoms with Gasteiger partial charge in [-0.3, -0.25) is 4.79 Å². The number of nitrogens with two attached hydrogens (primary N) is 1. The van der Waals surface area contributed by atoms with Gasteiger partial charge in [-0.2, -0.15) is 0 Å². The molecule has 3 N–H and O–H groups in total. The quantitative estimate of drug-likeness (QED) is 0.691. The first-order chi connectivity index (χ1) is 6.74. The van der Waals surface area contributed by atoms with Crippen LogP contribution in [0.25, 0.3) is 0 Å². The van der Waals surface area contributed by atoms with Crippen LogP contribution < -0.4 is 11.1 Å². The van der Waals surface area contributed by atoms with E-state index < -0.39 is 0 Å². The van der Waals surface area contributed by atoms with E-state index in [9.17, 15) is 4.79 Å². The third-order valence-electron chi connectivity index (χ3n) is 2.46. The highest BCUT2D eigenvalue weighted by Crippen LogP contribution is 2.12. The standard InChI is InChI=1S/C10H20N2O2/c1-8(5-6-11)12-10(13)9-4-2-3-7-14-9/h8-9H,2-7,11H2,1H3,(H,12,13). The number of nitrogens with one attached hydrogen (secondary N) is 1. The molecule has 1 aliphatic rings. The van der Waals surface area contributed by atoms with Crippen molar-refractivity contribution in [1.82, 2.24) is 5.32 Å². The second kappa shape index (κ2) is 5.98. The zero-order chi connectivity index (χ0) is 10.4. The molecule has 1 saturated heterocycles. The molecule has 2 atom stereocenters. The SMILES string of the molecule is CC(CCN)NC(=O)C1CCCCO1. The first-order valence-corrected chi connectivity index (χ1v) is 5.36. The van der Waals surface area contributed by atoms with Crippen LogP contribution >= 0.6 is 0 Å². The first kappa shape index (κ1) is 11.5. The van der Waals surface area contributed by atoms with E-state index in [1.54, 1.807) is 0 Å². The van der Waals surface area contributed by atoms with E-state index in [1.807, 2.05) is 6.92 Å². The van der Waals surface area contributed by atoms with Crippen molar-refractivity contribution in [3.05, 3.63) is 0 Å². The molecule has 1 fully saturated rings. The van der Waals surface area contributed by atoms with Crippen LogP contribution in [0.15, 0.2) is 0 Å². The summed E-state index contributed by atoms with van der Waals surface area (Å²) in [5.41, 5.74) is 5.40. The third kappa shape index (κ3) is 3.64. The predicted molar refractivity (Wildman–Crippen MR) is 54.9 cm³/mol. The maximum atomic E-state index is 11.6. The molecule has 0 saturated carbocycles. The lowest BCUT2D eigenvalue weighted by atomic mass is 10.1. The van der Waals surface area contributed by atoms with Crippen molar-refractivity contribution < 1.29 is 9.53 Å². The zero-order valence-electron chi connectivity index (χ0n) is 8.79. The number of amides is 1. The fourth-order valence-corrected chi connectivity index (χ4v) is 1.61. The molecule has 82 valence electrons. The maximum Gasteiger partial charge on any atom is 0.249 e. The second-order valence-electron chi connectivity index (χ2n) is 3.84. The lowest BCUT2D eigenvalue weighted by Gasteiger charge is -2.23. The monoisotopic (exact) mass is 200 g/mol. The van der Waals surface area contributed by atoms with Gasteiger partial charge in [0, 0.05) is 12.6 Å². The zero-order valence-corrected chi connectivity index (χ0v) is 8.79. The fourth-order valence-electron chi connectivity index (χ4n) is 1.61. The van der Waals surface area contributed by atoms with Crippen LogP contribution in [0, 0.1) is 0 Å². The Morgan fingerprint density at radius 2 is 2.43 bits per heavy atom. The van der Waals surface area contributed by atoms with Crippen LogP contribution in [0.3, 0.4) is 0 Å². The number of carbonyl (C=O) groups excluding carboxylic acids is 1. The van der Waals surface area contributed by atoms with Crippen molar-refractivity contribution in [2.45, 2.75) is 44.8 Å². The molecule has 0 bridgehead atoms. The summed E-state index contributed by atoms with van der Waals surface area (Å²) >= 11 is 0. The molecule has 0 aromatic rings. The average molecular weight is 200 g/mol. The van der Waals surface area contributed by atoms with Crippen molar-refractivity contribution in [2.24, 2.45) is 5.73 Å². The molecule has 1 heterocycles. The van der Waals surface area contributed by atoms with Crippen molar-refractivity contribution in [3.63, 3.8) is 0 Å². The second-order valence-corrected chi connectivity index (χ2v) is 3.84. The van der Waals surface area contributed by atoms with Gasteiger partial charge >= 0.3 is 0 Å². The van der Waals surface area contributed by atoms with Gasteiger partial charge in [0.1, 0.15) is 6.10 Å². The summed E-state index contributed by atoms with van der Waals surface area (Å²) in [7, 11) is 0. The maximum absolute atomic E-state index is 11.6. The van der Waals surface area contributed by atoms with E-state index in [2.05, 4.69) is 5.32 Å². The van der Waals surface area contributed by atoms with Gasteiger partial charge < -0.3 is 15.8 Å². The third-order valence-corrected chi connectivity index (χ3v) is 2.46. The summed E-state index contributed by atoms with van der Waals surface area (Å²) in [5, 5.41) is 2.91. The van der Waals surface area contributed by atoms with Crippen molar-refractivity contribution >= 4 is 5.91 Å². The fraction of sp³-hybridized carbons (Fsp3) is 0.900. The topological polar surface area (TPSA) is 64.3 Å². The normalized spacial score (nSPS) is 24.3. The van der Waals surface area contributed by atoms with Gasteiger partial charge in [-0.15, -0.1) is 0 Å². The minimum Gasteiger partial charge on any atom is -0.368 e. The molecule has 0 spiro atoms. The molecule has 2 unspecified atom stereocenters. The Bertz CT molecular complexity index is 179. The van der Waals surface area contributed by atoms with Crippen LogP contribution in [0.1, 0.15) is 32.6 Å². The molecule has 1 aliphatic heterocycles. The lowest BCUT2D eigenvalue weighted by molar-refractivity contribution is -0.136. The number of hydrogen-bond acceptors (Lipinski definition) is 3. The van der Waals surface area contributed by atoms with Crippen LogP contribution in [0.5, 0.6) is 0 Å². The largest absolute Gasteiger partial charge is 0.368 e. The molecular formula is C10H20N2O2. The Morgan fingerprint density at radius 3 is 3.00 bits per heavy atom. The molecule has 1 rings (SSSR count). The van der Waals surface area contributed by atoms with Gasteiger partial charge in [0.05, 0.1) is 0 Å². The van der Waals surface area contributed by atoms with Crippen LogP contribution in [0.2, 0.25) is 0 Å². The molecule has 0 radical (unpaired) electrons. The Morgan fingerprint density at radius 1 is 1.64 bits per heavy atom. The molecule has 0 aliphatic carbocycles. The van der Waals surface area contributed by atoms with E-state index in [4.69, 9.17) is 10.5 Å². The van der Waals surface area contributed by atoms with Gasteiger partial charge in [-0.1, -0.05) is 0 Å². The Labute approximate surface area is 85.2 Å². The van der Waals surface area contributed by atoms with Gasteiger partial charge in [0.25, 0.3) is 0 Å². The lowest BCUT2D eigenvalue weighted by Crippen LogP contribution is -2.43. The van der Waals surface area contributed by atoms with Gasteiger partial charge in [0.2, 0.25) is 5.91 Å². The van der Waals surface area contributed by atoms with Crippen LogP contribution in [-0.2, 0) is 9.53 Å². The van der Waals surface area contributed by atoms with Crippen molar-refractivity contribution in [3.8, 4) is 0 Å². The number of rotatable bonds is 4. The minimum absolute atomic E-state index is 0.0191. The summed E-state index contributed by atoms with van der Waals surface area (Å²) in [6, 6.07) is 0.151. The molecule has 0 aromatic heterocycles. The Kier molecular flexibility index (Phi) is 4.90.